The van der Waals surface area contributed by atoms with Crippen LogP contribution < -0.4 is 0 Å². The van der Waals surface area contributed by atoms with E-state index in [1.54, 1.807) is 6.07 Å². The molecule has 1 heterocycles. The van der Waals surface area contributed by atoms with Crippen LogP contribution in [0.1, 0.15) is 67.2 Å². The van der Waals surface area contributed by atoms with Gasteiger partial charge in [0.05, 0.1) is 0 Å². The number of piperazine rings is 1. The monoisotopic (exact) mass is 476 g/mol. The molecule has 3 atom stereocenters. The molecule has 2 aromatic carbocycles. The molecule has 5 rings (SSSR count). The molecule has 2 saturated carbocycles. The maximum absolute atomic E-state index is 14.6. The predicted octanol–water partition coefficient (Wildman–Crippen LogP) is 5.27. The highest BCUT2D eigenvalue weighted by Gasteiger charge is 2.43. The number of carbonyl (C=O) groups excluding carboxylic acids is 2. The molecular weight excluding hydrogens is 439 g/mol. The molecule has 1 saturated heterocycles. The van der Waals surface area contributed by atoms with Gasteiger partial charge in [0.1, 0.15) is 11.6 Å². The second kappa shape index (κ2) is 10.2. The Morgan fingerprint density at radius 2 is 1.74 bits per heavy atom. The van der Waals surface area contributed by atoms with Crippen LogP contribution in [0.2, 0.25) is 0 Å². The summed E-state index contributed by atoms with van der Waals surface area (Å²) in [6.45, 7) is 7.12. The van der Waals surface area contributed by atoms with Gasteiger partial charge in [-0.2, -0.15) is 0 Å². The number of amides is 1. The molecule has 1 amide bonds. The van der Waals surface area contributed by atoms with Gasteiger partial charge in [0.2, 0.25) is 5.91 Å². The smallest absolute Gasteiger partial charge is 0.226 e. The van der Waals surface area contributed by atoms with Crippen LogP contribution >= 0.6 is 0 Å². The van der Waals surface area contributed by atoms with E-state index in [1.165, 1.54) is 24.5 Å². The summed E-state index contributed by atoms with van der Waals surface area (Å²) >= 11 is 0. The number of Topliss-reactive ketones (excluding diaryl/α,β-unsaturated/α-hetero) is 1. The minimum atomic E-state index is -0.271. The minimum absolute atomic E-state index is 0.0508. The number of ketones is 1. The van der Waals surface area contributed by atoms with E-state index < -0.39 is 0 Å². The van der Waals surface area contributed by atoms with Crippen molar-refractivity contribution in [3.63, 3.8) is 0 Å². The standard InChI is InChI=1S/C30H37FN2O2/c1-20-18-32(12-13-33(20)30(35)23-10-6-7-11-23)19-25-15-26(31)14-24(21(25)2)16-29(34)28-17-27(28)22-8-4-3-5-9-22/h3-5,8-9,14-15,20,23,27-28H,6-7,10-13,16-19H2,1-2H3/t20-,27+,28-/m0/s1. The number of rotatable bonds is 7. The summed E-state index contributed by atoms with van der Waals surface area (Å²) in [5, 5.41) is 0. The fraction of sp³-hybridized carbons (Fsp3) is 0.533. The van der Waals surface area contributed by atoms with E-state index in [4.69, 9.17) is 0 Å². The Hall–Kier alpha value is -2.53. The lowest BCUT2D eigenvalue weighted by atomic mass is 9.95. The van der Waals surface area contributed by atoms with Crippen molar-refractivity contribution in [3.05, 3.63) is 70.5 Å². The molecule has 186 valence electrons. The van der Waals surface area contributed by atoms with E-state index in [1.807, 2.05) is 25.1 Å². The number of halogens is 1. The zero-order chi connectivity index (χ0) is 24.5. The molecule has 35 heavy (non-hydrogen) atoms. The van der Waals surface area contributed by atoms with Gasteiger partial charge in [-0.3, -0.25) is 14.5 Å². The van der Waals surface area contributed by atoms with Crippen molar-refractivity contribution in [1.82, 2.24) is 9.80 Å². The maximum atomic E-state index is 14.6. The number of nitrogens with zero attached hydrogens (tertiary/aromatic N) is 2. The molecule has 0 radical (unpaired) electrons. The fourth-order valence-corrected chi connectivity index (χ4v) is 6.24. The molecule has 3 aliphatic rings. The number of carbonyl (C=O) groups is 2. The zero-order valence-corrected chi connectivity index (χ0v) is 21.0. The first-order chi connectivity index (χ1) is 16.9. The normalized spacial score (nSPS) is 25.1. The predicted molar refractivity (Wildman–Crippen MR) is 136 cm³/mol. The van der Waals surface area contributed by atoms with Crippen molar-refractivity contribution >= 4 is 11.7 Å². The van der Waals surface area contributed by atoms with Crippen LogP contribution in [0.25, 0.3) is 0 Å². The van der Waals surface area contributed by atoms with Gasteiger partial charge in [0, 0.05) is 50.5 Å². The Labute approximate surface area is 208 Å². The average Bonchev–Trinajstić information content (AvgIpc) is 3.47. The van der Waals surface area contributed by atoms with Crippen molar-refractivity contribution in [1.29, 1.82) is 0 Å². The average molecular weight is 477 g/mol. The summed E-state index contributed by atoms with van der Waals surface area (Å²) in [5.74, 6) is 0.837. The van der Waals surface area contributed by atoms with E-state index in [-0.39, 0.29) is 29.5 Å². The van der Waals surface area contributed by atoms with Gasteiger partial charge in [0.25, 0.3) is 0 Å². The largest absolute Gasteiger partial charge is 0.337 e. The van der Waals surface area contributed by atoms with Crippen LogP contribution in [0.4, 0.5) is 4.39 Å². The summed E-state index contributed by atoms with van der Waals surface area (Å²) in [4.78, 5) is 30.3. The Kier molecular flexibility index (Phi) is 7.06. The van der Waals surface area contributed by atoms with E-state index in [2.05, 4.69) is 28.9 Å². The number of benzene rings is 2. The maximum Gasteiger partial charge on any atom is 0.226 e. The Bertz CT molecular complexity index is 1080. The first-order valence-electron chi connectivity index (χ1n) is 13.3. The lowest BCUT2D eigenvalue weighted by molar-refractivity contribution is -0.140. The van der Waals surface area contributed by atoms with Crippen molar-refractivity contribution < 1.29 is 14.0 Å². The zero-order valence-electron chi connectivity index (χ0n) is 21.0. The SMILES string of the molecule is Cc1c(CC(=O)[C@H]2C[C@@H]2c2ccccc2)cc(F)cc1CN1CCN(C(=O)C2CCCC2)[C@@H](C)C1. The summed E-state index contributed by atoms with van der Waals surface area (Å²) < 4.78 is 14.6. The fourth-order valence-electron chi connectivity index (χ4n) is 6.24. The molecule has 2 aromatic rings. The molecule has 2 aliphatic carbocycles. The van der Waals surface area contributed by atoms with Gasteiger partial charge < -0.3 is 4.90 Å². The summed E-state index contributed by atoms with van der Waals surface area (Å²) in [5.41, 5.74) is 4.01. The first kappa shape index (κ1) is 24.2. The van der Waals surface area contributed by atoms with E-state index >= 15 is 0 Å². The Balaban J connectivity index is 1.21. The third-order valence-electron chi connectivity index (χ3n) is 8.48. The van der Waals surface area contributed by atoms with Crippen molar-refractivity contribution in [2.24, 2.45) is 11.8 Å². The van der Waals surface area contributed by atoms with Gasteiger partial charge >= 0.3 is 0 Å². The highest BCUT2D eigenvalue weighted by molar-refractivity contribution is 5.87. The summed E-state index contributed by atoms with van der Waals surface area (Å²) in [6.07, 6.45) is 5.59. The van der Waals surface area contributed by atoms with Crippen LogP contribution in [0.15, 0.2) is 42.5 Å². The topological polar surface area (TPSA) is 40.6 Å². The summed E-state index contributed by atoms with van der Waals surface area (Å²) in [7, 11) is 0. The van der Waals surface area contributed by atoms with E-state index in [0.717, 1.165) is 55.6 Å². The molecule has 4 nitrogen and oxygen atoms in total. The van der Waals surface area contributed by atoms with Crippen LogP contribution in [-0.2, 0) is 22.6 Å². The Morgan fingerprint density at radius 3 is 2.46 bits per heavy atom. The summed E-state index contributed by atoms with van der Waals surface area (Å²) in [6, 6.07) is 13.5. The van der Waals surface area contributed by atoms with E-state index in [0.29, 0.717) is 24.8 Å². The molecular formula is C30H37FN2O2. The van der Waals surface area contributed by atoms with Gasteiger partial charge in [-0.25, -0.2) is 4.39 Å². The van der Waals surface area contributed by atoms with Crippen molar-refractivity contribution in [3.8, 4) is 0 Å². The highest BCUT2D eigenvalue weighted by atomic mass is 19.1. The molecule has 0 spiro atoms. The molecule has 0 N–H and O–H groups in total. The van der Waals surface area contributed by atoms with Gasteiger partial charge in [-0.05, 0) is 73.4 Å². The van der Waals surface area contributed by atoms with Gasteiger partial charge in [-0.15, -0.1) is 0 Å². The first-order valence-corrected chi connectivity index (χ1v) is 13.3. The molecule has 1 aliphatic heterocycles. The third-order valence-corrected chi connectivity index (χ3v) is 8.48. The lowest BCUT2D eigenvalue weighted by Crippen LogP contribution is -2.54. The van der Waals surface area contributed by atoms with Gasteiger partial charge in [-0.1, -0.05) is 43.2 Å². The van der Waals surface area contributed by atoms with E-state index in [9.17, 15) is 14.0 Å². The second-order valence-electron chi connectivity index (χ2n) is 10.9. The van der Waals surface area contributed by atoms with Crippen LogP contribution in [-0.4, -0.2) is 47.2 Å². The number of hydrogen-bond acceptors (Lipinski definition) is 3. The van der Waals surface area contributed by atoms with Crippen LogP contribution in [0.5, 0.6) is 0 Å². The minimum Gasteiger partial charge on any atom is -0.337 e. The Morgan fingerprint density at radius 1 is 1.03 bits per heavy atom. The molecule has 0 unspecified atom stereocenters. The van der Waals surface area contributed by atoms with Crippen LogP contribution in [0.3, 0.4) is 0 Å². The third kappa shape index (κ3) is 5.35. The number of hydrogen-bond donors (Lipinski definition) is 0. The molecule has 0 bridgehead atoms. The second-order valence-corrected chi connectivity index (χ2v) is 10.9. The van der Waals surface area contributed by atoms with Crippen molar-refractivity contribution in [2.45, 2.75) is 70.9 Å². The molecule has 0 aromatic heterocycles. The van der Waals surface area contributed by atoms with Crippen LogP contribution in [0, 0.1) is 24.6 Å². The van der Waals surface area contributed by atoms with Gasteiger partial charge in [0.15, 0.2) is 0 Å². The highest BCUT2D eigenvalue weighted by Crippen LogP contribution is 2.48. The quantitative estimate of drug-likeness (QED) is 0.547. The van der Waals surface area contributed by atoms with Crippen molar-refractivity contribution in [2.75, 3.05) is 19.6 Å². The lowest BCUT2D eigenvalue weighted by Gasteiger charge is -2.41. The molecule has 5 heteroatoms. The molecule has 3 fully saturated rings.